The van der Waals surface area contributed by atoms with Crippen LogP contribution in [0.4, 0.5) is 0 Å². The van der Waals surface area contributed by atoms with Gasteiger partial charge in [0.2, 0.25) is 0 Å². The molecule has 0 saturated heterocycles. The summed E-state index contributed by atoms with van der Waals surface area (Å²) in [5.74, 6) is 1.76. The van der Waals surface area contributed by atoms with E-state index in [0.29, 0.717) is 12.5 Å². The van der Waals surface area contributed by atoms with E-state index in [4.69, 9.17) is 0 Å². The van der Waals surface area contributed by atoms with Crippen LogP contribution in [-0.2, 0) is 0 Å². The Morgan fingerprint density at radius 2 is 2.40 bits per heavy atom. The summed E-state index contributed by atoms with van der Waals surface area (Å²) in [6.45, 7) is 3.88. The highest BCUT2D eigenvalue weighted by Crippen LogP contribution is 2.31. The molecule has 2 N–H and O–H groups in total. The molecule has 0 aromatic heterocycles. The average molecular weight is 210 g/mol. The van der Waals surface area contributed by atoms with Crippen molar-refractivity contribution in [3.8, 4) is 0 Å². The minimum Gasteiger partial charge on any atom is -0.388 e. The Labute approximate surface area is 92.0 Å². The van der Waals surface area contributed by atoms with Gasteiger partial charge < -0.3 is 10.4 Å². The molecule has 2 unspecified atom stereocenters. The first-order valence-electron chi connectivity index (χ1n) is 6.18. The van der Waals surface area contributed by atoms with Gasteiger partial charge in [-0.25, -0.2) is 0 Å². The van der Waals surface area contributed by atoms with Crippen LogP contribution in [0.5, 0.6) is 0 Å². The molecule has 2 aliphatic rings. The highest BCUT2D eigenvalue weighted by atomic mass is 16.3. The first-order chi connectivity index (χ1) is 7.18. The van der Waals surface area contributed by atoms with Crippen LogP contribution in [0.15, 0.2) is 4.99 Å². The van der Waals surface area contributed by atoms with Gasteiger partial charge in [-0.1, -0.05) is 19.8 Å². The highest BCUT2D eigenvalue weighted by Gasteiger charge is 2.32. The normalized spacial score (nSPS) is 36.4. The molecule has 1 aliphatic carbocycles. The fourth-order valence-corrected chi connectivity index (χ4v) is 2.74. The molecule has 2 atom stereocenters. The zero-order valence-corrected chi connectivity index (χ0v) is 9.63. The van der Waals surface area contributed by atoms with E-state index in [2.05, 4.69) is 17.2 Å². The Morgan fingerprint density at radius 3 is 3.07 bits per heavy atom. The van der Waals surface area contributed by atoms with Crippen molar-refractivity contribution in [3.05, 3.63) is 0 Å². The number of nitrogens with one attached hydrogen (secondary N) is 1. The minimum absolute atomic E-state index is 0.483. The maximum atomic E-state index is 10.4. The van der Waals surface area contributed by atoms with Crippen LogP contribution >= 0.6 is 0 Å². The summed E-state index contributed by atoms with van der Waals surface area (Å²) < 4.78 is 0. The van der Waals surface area contributed by atoms with E-state index >= 15 is 0 Å². The van der Waals surface area contributed by atoms with Crippen LogP contribution < -0.4 is 5.32 Å². The Balaban J connectivity index is 1.81. The molecule has 0 bridgehead atoms. The van der Waals surface area contributed by atoms with Crippen LogP contribution in [0, 0.1) is 5.92 Å². The van der Waals surface area contributed by atoms with Crippen molar-refractivity contribution in [2.45, 2.75) is 51.0 Å². The van der Waals surface area contributed by atoms with Gasteiger partial charge >= 0.3 is 0 Å². The van der Waals surface area contributed by atoms with Crippen molar-refractivity contribution >= 4 is 5.84 Å². The number of aliphatic imine (C=N–C) groups is 1. The van der Waals surface area contributed by atoms with Crippen LogP contribution in [0.2, 0.25) is 0 Å². The second-order valence-electron chi connectivity index (χ2n) is 5.21. The fraction of sp³-hybridized carbons (Fsp3) is 0.917. The summed E-state index contributed by atoms with van der Waals surface area (Å²) in [4.78, 5) is 4.36. The summed E-state index contributed by atoms with van der Waals surface area (Å²) in [6.07, 6.45) is 6.53. The maximum Gasteiger partial charge on any atom is 0.0964 e. The zero-order chi connectivity index (χ0) is 10.7. The first kappa shape index (κ1) is 10.9. The topological polar surface area (TPSA) is 44.6 Å². The lowest BCUT2D eigenvalue weighted by Gasteiger charge is -2.35. The Bertz CT molecular complexity index is 252. The predicted molar refractivity (Wildman–Crippen MR) is 62.1 cm³/mol. The molecule has 1 fully saturated rings. The SMILES string of the molecule is CC1CCCC(O)(CNC2=NCCC2)C1. The highest BCUT2D eigenvalue weighted by molar-refractivity contribution is 5.83. The average Bonchev–Trinajstić information content (AvgIpc) is 2.67. The molecule has 0 spiro atoms. The zero-order valence-electron chi connectivity index (χ0n) is 9.63. The molecule has 0 radical (unpaired) electrons. The summed E-state index contributed by atoms with van der Waals surface area (Å²) in [7, 11) is 0. The number of rotatable bonds is 2. The minimum atomic E-state index is -0.483. The first-order valence-corrected chi connectivity index (χ1v) is 6.18. The van der Waals surface area contributed by atoms with Crippen molar-refractivity contribution in [1.29, 1.82) is 0 Å². The summed E-state index contributed by atoms with van der Waals surface area (Å²) in [6, 6.07) is 0. The molecule has 3 heteroatoms. The third-order valence-electron chi connectivity index (χ3n) is 3.56. The van der Waals surface area contributed by atoms with Gasteiger partial charge in [0.1, 0.15) is 0 Å². The van der Waals surface area contributed by atoms with Crippen molar-refractivity contribution in [2.75, 3.05) is 13.1 Å². The van der Waals surface area contributed by atoms with Crippen molar-refractivity contribution in [2.24, 2.45) is 10.9 Å². The lowest BCUT2D eigenvalue weighted by atomic mass is 9.79. The molecule has 1 aliphatic heterocycles. The van der Waals surface area contributed by atoms with E-state index in [1.165, 1.54) is 6.42 Å². The number of hydrogen-bond acceptors (Lipinski definition) is 3. The molecule has 3 nitrogen and oxygen atoms in total. The van der Waals surface area contributed by atoms with Crippen molar-refractivity contribution < 1.29 is 5.11 Å². The second kappa shape index (κ2) is 4.52. The molecule has 1 heterocycles. The molecule has 0 aromatic carbocycles. The number of hydrogen-bond donors (Lipinski definition) is 2. The van der Waals surface area contributed by atoms with Gasteiger partial charge in [0.15, 0.2) is 0 Å². The van der Waals surface area contributed by atoms with Gasteiger partial charge in [0.05, 0.1) is 11.4 Å². The molecular weight excluding hydrogens is 188 g/mol. The van der Waals surface area contributed by atoms with Crippen molar-refractivity contribution in [1.82, 2.24) is 5.32 Å². The monoisotopic (exact) mass is 210 g/mol. The van der Waals surface area contributed by atoms with Gasteiger partial charge in [0, 0.05) is 19.5 Å². The quantitative estimate of drug-likeness (QED) is 0.728. The van der Waals surface area contributed by atoms with Crippen LogP contribution in [-0.4, -0.2) is 29.6 Å². The maximum absolute atomic E-state index is 10.4. The lowest BCUT2D eigenvalue weighted by Crippen LogP contribution is -2.45. The standard InChI is InChI=1S/C12H22N2O/c1-10-4-2-6-12(15,8-10)9-14-11-5-3-7-13-11/h10,15H,2-9H2,1H3,(H,13,14). The molecule has 86 valence electrons. The Hall–Kier alpha value is -0.570. The van der Waals surface area contributed by atoms with Crippen LogP contribution in [0.3, 0.4) is 0 Å². The second-order valence-corrected chi connectivity index (χ2v) is 5.21. The summed E-state index contributed by atoms with van der Waals surface area (Å²) >= 11 is 0. The summed E-state index contributed by atoms with van der Waals surface area (Å²) in [5, 5.41) is 13.7. The third kappa shape index (κ3) is 2.94. The van der Waals surface area contributed by atoms with E-state index < -0.39 is 5.60 Å². The largest absolute Gasteiger partial charge is 0.388 e. The van der Waals surface area contributed by atoms with Gasteiger partial charge in [-0.05, 0) is 25.2 Å². The number of nitrogens with zero attached hydrogens (tertiary/aromatic N) is 1. The van der Waals surface area contributed by atoms with Crippen LogP contribution in [0.25, 0.3) is 0 Å². The fourth-order valence-electron chi connectivity index (χ4n) is 2.74. The van der Waals surface area contributed by atoms with E-state index in [9.17, 15) is 5.11 Å². The smallest absolute Gasteiger partial charge is 0.0964 e. The Morgan fingerprint density at radius 1 is 1.53 bits per heavy atom. The molecule has 2 rings (SSSR count). The van der Waals surface area contributed by atoms with E-state index in [1.54, 1.807) is 0 Å². The molecule has 0 amide bonds. The third-order valence-corrected chi connectivity index (χ3v) is 3.56. The van der Waals surface area contributed by atoms with Gasteiger partial charge in [-0.15, -0.1) is 0 Å². The molecule has 15 heavy (non-hydrogen) atoms. The molecular formula is C12H22N2O. The van der Waals surface area contributed by atoms with E-state index in [0.717, 1.165) is 44.5 Å². The lowest BCUT2D eigenvalue weighted by molar-refractivity contribution is -0.00820. The molecule has 1 saturated carbocycles. The van der Waals surface area contributed by atoms with E-state index in [1.807, 2.05) is 0 Å². The summed E-state index contributed by atoms with van der Waals surface area (Å²) in [5.41, 5.74) is -0.483. The predicted octanol–water partition coefficient (Wildman–Crippen LogP) is 1.71. The molecule has 0 aromatic rings. The Kier molecular flexibility index (Phi) is 3.29. The number of aliphatic hydroxyl groups is 1. The van der Waals surface area contributed by atoms with Crippen LogP contribution in [0.1, 0.15) is 45.4 Å². The van der Waals surface area contributed by atoms with Gasteiger partial charge in [-0.3, -0.25) is 4.99 Å². The van der Waals surface area contributed by atoms with Gasteiger partial charge in [0.25, 0.3) is 0 Å². The van der Waals surface area contributed by atoms with E-state index in [-0.39, 0.29) is 0 Å². The van der Waals surface area contributed by atoms with Crippen molar-refractivity contribution in [3.63, 3.8) is 0 Å². The van der Waals surface area contributed by atoms with Gasteiger partial charge in [-0.2, -0.15) is 0 Å². The number of amidine groups is 1.